The van der Waals surface area contributed by atoms with Gasteiger partial charge < -0.3 is 15.3 Å². The maximum Gasteiger partial charge on any atom is 0.407 e. The molecule has 0 aliphatic carbocycles. The van der Waals surface area contributed by atoms with Gasteiger partial charge in [-0.05, 0) is 18.2 Å². The summed E-state index contributed by atoms with van der Waals surface area (Å²) in [6.07, 6.45) is 3.55. The zero-order valence-corrected chi connectivity index (χ0v) is 15.6. The lowest BCUT2D eigenvalue weighted by Crippen LogP contribution is -2.50. The number of nitrogens with one attached hydrogen (secondary N) is 1. The summed E-state index contributed by atoms with van der Waals surface area (Å²) >= 11 is 0. The highest BCUT2D eigenvalue weighted by atomic mass is 32.2. The van der Waals surface area contributed by atoms with Crippen LogP contribution in [0, 0.1) is 5.82 Å². The highest BCUT2D eigenvalue weighted by molar-refractivity contribution is 7.89. The molecule has 2 aromatic rings. The third-order valence-corrected chi connectivity index (χ3v) is 6.15. The fraction of sp³-hybridized carbons (Fsp3) is 0.235. The van der Waals surface area contributed by atoms with E-state index in [9.17, 15) is 17.6 Å². The smallest absolute Gasteiger partial charge is 0.407 e. The highest BCUT2D eigenvalue weighted by Gasteiger charge is 2.31. The third-order valence-electron chi connectivity index (χ3n) is 4.22. The molecule has 2 N–H and O–H groups in total. The van der Waals surface area contributed by atoms with E-state index in [4.69, 9.17) is 5.11 Å². The Hall–Kier alpha value is -3.05. The minimum absolute atomic E-state index is 0.0302. The number of piperazine rings is 1. The van der Waals surface area contributed by atoms with Gasteiger partial charge in [0.05, 0.1) is 0 Å². The molecule has 1 amide bonds. The summed E-state index contributed by atoms with van der Waals surface area (Å²) in [5.74, 6) is -0.696. The first-order valence-electron chi connectivity index (χ1n) is 8.30. The summed E-state index contributed by atoms with van der Waals surface area (Å²) < 4.78 is 41.0. The molecule has 0 saturated carbocycles. The van der Waals surface area contributed by atoms with E-state index in [2.05, 4.69) is 21.9 Å². The summed E-state index contributed by atoms with van der Waals surface area (Å²) in [6, 6.07) is 3.62. The van der Waals surface area contributed by atoms with Crippen LogP contribution in [0.1, 0.15) is 5.56 Å². The van der Waals surface area contributed by atoms with E-state index < -0.39 is 26.8 Å². The number of hydrogen-bond donors (Lipinski definition) is 2. The highest BCUT2D eigenvalue weighted by Crippen LogP contribution is 2.24. The Kier molecular flexibility index (Phi) is 5.56. The molecule has 3 rings (SSSR count). The van der Waals surface area contributed by atoms with Crippen LogP contribution in [0.25, 0.3) is 6.08 Å². The number of carbonyl (C=O) groups is 1. The van der Waals surface area contributed by atoms with Crippen LogP contribution in [0.5, 0.6) is 0 Å². The van der Waals surface area contributed by atoms with Gasteiger partial charge in [0, 0.05) is 49.8 Å². The van der Waals surface area contributed by atoms with Crippen LogP contribution in [-0.4, -0.2) is 65.0 Å². The van der Waals surface area contributed by atoms with Crippen LogP contribution in [0.2, 0.25) is 0 Å². The maximum absolute atomic E-state index is 14.5. The molecule has 1 fully saturated rings. The number of carboxylic acid groups (broad SMARTS) is 1. The number of sulfonamides is 1. The van der Waals surface area contributed by atoms with Gasteiger partial charge >= 0.3 is 6.09 Å². The number of anilines is 2. The summed E-state index contributed by atoms with van der Waals surface area (Å²) in [6.45, 7) is 3.61. The van der Waals surface area contributed by atoms with Gasteiger partial charge in [-0.2, -0.15) is 4.31 Å². The molecule has 1 aliphatic heterocycles. The predicted molar refractivity (Wildman–Crippen MR) is 100 cm³/mol. The van der Waals surface area contributed by atoms with Crippen molar-refractivity contribution in [2.24, 2.45) is 0 Å². The summed E-state index contributed by atoms with van der Waals surface area (Å²) in [5, 5.41) is 11.7. The fourth-order valence-corrected chi connectivity index (χ4v) is 4.15. The molecule has 0 atom stereocenters. The molecule has 148 valence electrons. The van der Waals surface area contributed by atoms with E-state index in [1.807, 2.05) is 0 Å². The quantitative estimate of drug-likeness (QED) is 0.779. The lowest BCUT2D eigenvalue weighted by molar-refractivity contribution is 0.126. The molecule has 1 aromatic carbocycles. The van der Waals surface area contributed by atoms with Crippen molar-refractivity contribution in [2.45, 2.75) is 4.90 Å². The average Bonchev–Trinajstić information content (AvgIpc) is 2.68. The Bertz CT molecular complexity index is 989. The maximum atomic E-state index is 14.5. The van der Waals surface area contributed by atoms with Crippen LogP contribution in [-0.2, 0) is 10.0 Å². The number of nitrogens with zero attached hydrogens (tertiary/aromatic N) is 4. The van der Waals surface area contributed by atoms with Crippen LogP contribution >= 0.6 is 0 Å². The standard InChI is InChI=1S/C17H18FN5O4S/c1-2-12-10-19-16(20-11-12)21-13-3-4-15(14(18)9-13)28(26,27)23-7-5-22(6-8-23)17(24)25/h2-4,9-11H,1,5-8H2,(H,24,25)(H,19,20,21). The molecule has 0 spiro atoms. The van der Waals surface area contributed by atoms with Crippen molar-refractivity contribution in [3.8, 4) is 0 Å². The molecule has 0 unspecified atom stereocenters. The molecule has 1 aromatic heterocycles. The second-order valence-corrected chi connectivity index (χ2v) is 7.89. The van der Waals surface area contributed by atoms with Gasteiger partial charge in [0.1, 0.15) is 10.7 Å². The molecular weight excluding hydrogens is 389 g/mol. The van der Waals surface area contributed by atoms with Gasteiger partial charge in [-0.3, -0.25) is 0 Å². The van der Waals surface area contributed by atoms with Gasteiger partial charge in [0.15, 0.2) is 0 Å². The van der Waals surface area contributed by atoms with E-state index in [-0.39, 0.29) is 32.1 Å². The third kappa shape index (κ3) is 4.10. The number of amides is 1. The molecule has 2 heterocycles. The molecule has 1 saturated heterocycles. The van der Waals surface area contributed by atoms with Crippen molar-refractivity contribution in [3.05, 3.63) is 48.6 Å². The van der Waals surface area contributed by atoms with Crippen molar-refractivity contribution in [1.29, 1.82) is 0 Å². The van der Waals surface area contributed by atoms with E-state index in [0.717, 1.165) is 26.9 Å². The topological polar surface area (TPSA) is 116 Å². The Balaban J connectivity index is 1.75. The number of benzene rings is 1. The van der Waals surface area contributed by atoms with Crippen LogP contribution in [0.4, 0.5) is 20.8 Å². The van der Waals surface area contributed by atoms with Gasteiger partial charge in [-0.15, -0.1) is 0 Å². The Morgan fingerprint density at radius 2 is 1.86 bits per heavy atom. The zero-order valence-electron chi connectivity index (χ0n) is 14.7. The van der Waals surface area contributed by atoms with Crippen LogP contribution < -0.4 is 5.32 Å². The summed E-state index contributed by atoms with van der Waals surface area (Å²) in [7, 11) is -4.07. The molecule has 9 nitrogen and oxygen atoms in total. The Morgan fingerprint density at radius 3 is 2.39 bits per heavy atom. The monoisotopic (exact) mass is 407 g/mol. The first kappa shape index (κ1) is 19.7. The van der Waals surface area contributed by atoms with E-state index in [1.165, 1.54) is 18.5 Å². The number of hydrogen-bond acceptors (Lipinski definition) is 6. The van der Waals surface area contributed by atoms with Crippen molar-refractivity contribution < 1.29 is 22.7 Å². The Labute approximate surface area is 161 Å². The predicted octanol–water partition coefficient (Wildman–Crippen LogP) is 1.99. The van der Waals surface area contributed by atoms with Gasteiger partial charge in [0.25, 0.3) is 0 Å². The first-order chi connectivity index (χ1) is 13.3. The number of rotatable bonds is 5. The van der Waals surface area contributed by atoms with Gasteiger partial charge in [-0.25, -0.2) is 27.6 Å². The number of halogens is 1. The molecule has 1 aliphatic rings. The molecular formula is C17H18FN5O4S. The van der Waals surface area contributed by atoms with Crippen LogP contribution in [0.3, 0.4) is 0 Å². The zero-order chi connectivity index (χ0) is 20.3. The van der Waals surface area contributed by atoms with Gasteiger partial charge in [-0.1, -0.05) is 12.7 Å². The lowest BCUT2D eigenvalue weighted by atomic mass is 10.3. The van der Waals surface area contributed by atoms with Crippen molar-refractivity contribution in [3.63, 3.8) is 0 Å². The van der Waals surface area contributed by atoms with E-state index >= 15 is 0 Å². The molecule has 0 bridgehead atoms. The van der Waals surface area contributed by atoms with Crippen molar-refractivity contribution in [1.82, 2.24) is 19.2 Å². The second kappa shape index (κ2) is 7.90. The molecule has 0 radical (unpaired) electrons. The first-order valence-corrected chi connectivity index (χ1v) is 9.74. The number of aromatic nitrogens is 2. The largest absolute Gasteiger partial charge is 0.465 e. The minimum atomic E-state index is -4.07. The summed E-state index contributed by atoms with van der Waals surface area (Å²) in [5.41, 5.74) is 1.01. The van der Waals surface area contributed by atoms with Crippen molar-refractivity contribution >= 4 is 33.8 Å². The summed E-state index contributed by atoms with van der Waals surface area (Å²) in [4.78, 5) is 19.7. The normalized spacial score (nSPS) is 15.2. The SMILES string of the molecule is C=Cc1cnc(Nc2ccc(S(=O)(=O)N3CCN(C(=O)O)CC3)c(F)c2)nc1. The lowest BCUT2D eigenvalue weighted by Gasteiger charge is -2.32. The van der Waals surface area contributed by atoms with E-state index in [1.54, 1.807) is 6.08 Å². The van der Waals surface area contributed by atoms with E-state index in [0.29, 0.717) is 5.69 Å². The Morgan fingerprint density at radius 1 is 1.21 bits per heavy atom. The van der Waals surface area contributed by atoms with Crippen LogP contribution in [0.15, 0.2) is 42.1 Å². The minimum Gasteiger partial charge on any atom is -0.465 e. The van der Waals surface area contributed by atoms with Gasteiger partial charge in [0.2, 0.25) is 16.0 Å². The molecule has 11 heteroatoms. The average molecular weight is 407 g/mol. The van der Waals surface area contributed by atoms with Crippen molar-refractivity contribution in [2.75, 3.05) is 31.5 Å². The fourth-order valence-electron chi connectivity index (χ4n) is 2.68. The second-order valence-electron chi connectivity index (χ2n) is 5.99. The molecule has 28 heavy (non-hydrogen) atoms.